The molecule has 1 aliphatic rings. The molecule has 0 aromatic heterocycles. The topological polar surface area (TPSA) is 38.4 Å². The van der Waals surface area contributed by atoms with Gasteiger partial charge in [-0.15, -0.1) is 0 Å². The van der Waals surface area contributed by atoms with Crippen LogP contribution < -0.4 is 5.73 Å². The molecule has 0 fully saturated rings. The molecule has 2 nitrogen and oxygen atoms in total. The van der Waals surface area contributed by atoms with E-state index in [0.717, 1.165) is 23.3 Å². The van der Waals surface area contributed by atoms with Gasteiger partial charge in [-0.2, -0.15) is 0 Å². The molecule has 1 unspecified atom stereocenters. The van der Waals surface area contributed by atoms with Crippen molar-refractivity contribution in [2.24, 2.45) is 10.7 Å². The Kier molecular flexibility index (Phi) is 3.75. The lowest BCUT2D eigenvalue weighted by molar-refractivity contribution is 0.777. The minimum absolute atomic E-state index is 0.355. The standard InChI is InChI=1S/C22H20N2/c1-15(16-8-3-2-4-9-16)24-22(23)20-13-7-11-18-14-17-10-5-6-12-19(17)21(18)20/h2-13,22H,14,23H2,1H3/b24-15+. The summed E-state index contributed by atoms with van der Waals surface area (Å²) in [5.74, 6) is 0. The van der Waals surface area contributed by atoms with E-state index in [-0.39, 0.29) is 6.17 Å². The zero-order valence-corrected chi connectivity index (χ0v) is 13.7. The Morgan fingerprint density at radius 3 is 2.42 bits per heavy atom. The van der Waals surface area contributed by atoms with Crippen LogP contribution in [0.4, 0.5) is 0 Å². The molecule has 118 valence electrons. The van der Waals surface area contributed by atoms with E-state index in [1.54, 1.807) is 0 Å². The molecule has 0 spiro atoms. The van der Waals surface area contributed by atoms with Gasteiger partial charge in [0.15, 0.2) is 0 Å². The van der Waals surface area contributed by atoms with Crippen LogP contribution in [0.3, 0.4) is 0 Å². The summed E-state index contributed by atoms with van der Waals surface area (Å²) in [5, 5.41) is 0. The van der Waals surface area contributed by atoms with E-state index in [2.05, 4.69) is 54.6 Å². The van der Waals surface area contributed by atoms with Crippen molar-refractivity contribution in [3.05, 3.63) is 95.1 Å². The van der Waals surface area contributed by atoms with Crippen LogP contribution >= 0.6 is 0 Å². The van der Waals surface area contributed by atoms with Crippen molar-refractivity contribution in [1.29, 1.82) is 0 Å². The van der Waals surface area contributed by atoms with Gasteiger partial charge in [0.1, 0.15) is 6.17 Å². The third-order valence-corrected chi connectivity index (χ3v) is 4.69. The molecule has 1 atom stereocenters. The average molecular weight is 312 g/mol. The van der Waals surface area contributed by atoms with E-state index >= 15 is 0 Å². The van der Waals surface area contributed by atoms with Gasteiger partial charge in [0, 0.05) is 5.71 Å². The van der Waals surface area contributed by atoms with Gasteiger partial charge in [-0.25, -0.2) is 0 Å². The third-order valence-electron chi connectivity index (χ3n) is 4.69. The van der Waals surface area contributed by atoms with Gasteiger partial charge in [-0.3, -0.25) is 4.99 Å². The second-order valence-electron chi connectivity index (χ2n) is 6.24. The van der Waals surface area contributed by atoms with Crippen LogP contribution in [0.2, 0.25) is 0 Å². The zero-order valence-electron chi connectivity index (χ0n) is 13.7. The fourth-order valence-corrected chi connectivity index (χ4v) is 3.50. The molecule has 2 N–H and O–H groups in total. The van der Waals surface area contributed by atoms with E-state index in [4.69, 9.17) is 10.7 Å². The number of rotatable bonds is 3. The number of hydrogen-bond donors (Lipinski definition) is 1. The second kappa shape index (κ2) is 6.06. The lowest BCUT2D eigenvalue weighted by Gasteiger charge is -2.15. The minimum Gasteiger partial charge on any atom is -0.306 e. The van der Waals surface area contributed by atoms with Crippen molar-refractivity contribution in [2.45, 2.75) is 19.5 Å². The molecule has 24 heavy (non-hydrogen) atoms. The summed E-state index contributed by atoms with van der Waals surface area (Å²) < 4.78 is 0. The van der Waals surface area contributed by atoms with Crippen LogP contribution in [0.1, 0.15) is 35.3 Å². The number of hydrogen-bond acceptors (Lipinski definition) is 2. The average Bonchev–Trinajstić information content (AvgIpc) is 3.01. The summed E-state index contributed by atoms with van der Waals surface area (Å²) in [6.07, 6.45) is 0.624. The molecule has 0 heterocycles. The van der Waals surface area contributed by atoms with Crippen LogP contribution in [0.15, 0.2) is 77.8 Å². The third kappa shape index (κ3) is 2.55. The van der Waals surface area contributed by atoms with Crippen LogP contribution in [0.5, 0.6) is 0 Å². The van der Waals surface area contributed by atoms with Gasteiger partial charge in [0.2, 0.25) is 0 Å². The first-order valence-corrected chi connectivity index (χ1v) is 8.29. The van der Waals surface area contributed by atoms with E-state index in [1.807, 2.05) is 25.1 Å². The Labute approximate surface area is 142 Å². The Bertz CT molecular complexity index is 910. The quantitative estimate of drug-likeness (QED) is 0.546. The molecule has 0 saturated heterocycles. The van der Waals surface area contributed by atoms with Gasteiger partial charge in [0.25, 0.3) is 0 Å². The highest BCUT2D eigenvalue weighted by molar-refractivity contribution is 5.98. The molecule has 0 saturated carbocycles. The van der Waals surface area contributed by atoms with Crippen molar-refractivity contribution in [1.82, 2.24) is 0 Å². The maximum Gasteiger partial charge on any atom is 0.124 e. The Balaban J connectivity index is 1.76. The molecule has 3 aromatic rings. The summed E-state index contributed by atoms with van der Waals surface area (Å²) in [6.45, 7) is 2.02. The maximum absolute atomic E-state index is 6.48. The van der Waals surface area contributed by atoms with Crippen LogP contribution in [0.25, 0.3) is 11.1 Å². The number of aliphatic imine (C=N–C) groups is 1. The van der Waals surface area contributed by atoms with Crippen molar-refractivity contribution in [3.8, 4) is 11.1 Å². The van der Waals surface area contributed by atoms with Crippen molar-refractivity contribution in [2.75, 3.05) is 0 Å². The van der Waals surface area contributed by atoms with Crippen LogP contribution in [0, 0.1) is 0 Å². The number of nitrogens with zero attached hydrogens (tertiary/aromatic N) is 1. The Morgan fingerprint density at radius 1 is 0.875 bits per heavy atom. The smallest absolute Gasteiger partial charge is 0.124 e. The van der Waals surface area contributed by atoms with Gasteiger partial charge in [-0.1, -0.05) is 72.8 Å². The van der Waals surface area contributed by atoms with Crippen molar-refractivity contribution in [3.63, 3.8) is 0 Å². The molecule has 4 rings (SSSR count). The van der Waals surface area contributed by atoms with E-state index in [0.29, 0.717) is 0 Å². The maximum atomic E-state index is 6.48. The fraction of sp³-hybridized carbons (Fsp3) is 0.136. The van der Waals surface area contributed by atoms with E-state index in [9.17, 15) is 0 Å². The first kappa shape index (κ1) is 14.9. The molecule has 0 aliphatic heterocycles. The molecule has 0 amide bonds. The number of fused-ring (bicyclic) bond motifs is 3. The molecule has 0 bridgehead atoms. The summed E-state index contributed by atoms with van der Waals surface area (Å²) in [6, 6.07) is 25.2. The van der Waals surface area contributed by atoms with Crippen molar-refractivity contribution < 1.29 is 0 Å². The zero-order chi connectivity index (χ0) is 16.5. The molecular weight excluding hydrogens is 292 g/mol. The predicted octanol–water partition coefficient (Wildman–Crippen LogP) is 4.72. The molecule has 3 aromatic carbocycles. The van der Waals surface area contributed by atoms with Gasteiger partial charge in [0.05, 0.1) is 0 Å². The van der Waals surface area contributed by atoms with Crippen molar-refractivity contribution >= 4 is 5.71 Å². The summed E-state index contributed by atoms with van der Waals surface area (Å²) in [7, 11) is 0. The van der Waals surface area contributed by atoms with Gasteiger partial charge < -0.3 is 5.73 Å². The lowest BCUT2D eigenvalue weighted by Crippen LogP contribution is -2.12. The molecule has 1 aliphatic carbocycles. The molecular formula is C22H20N2. The summed E-state index contributed by atoms with van der Waals surface area (Å²) in [5.41, 5.74) is 14.9. The summed E-state index contributed by atoms with van der Waals surface area (Å²) >= 11 is 0. The Hall–Kier alpha value is -2.71. The first-order valence-electron chi connectivity index (χ1n) is 8.29. The highest BCUT2D eigenvalue weighted by atomic mass is 14.9. The first-order chi connectivity index (χ1) is 11.7. The van der Waals surface area contributed by atoms with E-state index < -0.39 is 0 Å². The number of benzene rings is 3. The van der Waals surface area contributed by atoms with Crippen LogP contribution in [-0.4, -0.2) is 5.71 Å². The monoisotopic (exact) mass is 312 g/mol. The lowest BCUT2D eigenvalue weighted by atomic mass is 9.98. The highest BCUT2D eigenvalue weighted by Crippen LogP contribution is 2.40. The number of nitrogens with two attached hydrogens (primary N) is 1. The SMILES string of the molecule is C/C(=N\C(N)c1cccc2c1-c1ccccc1C2)c1ccccc1. The largest absolute Gasteiger partial charge is 0.306 e. The normalized spacial score (nSPS) is 14.2. The Morgan fingerprint density at radius 2 is 1.58 bits per heavy atom. The predicted molar refractivity (Wildman–Crippen MR) is 100 cm³/mol. The molecule has 0 radical (unpaired) electrons. The van der Waals surface area contributed by atoms with Gasteiger partial charge >= 0.3 is 0 Å². The fourth-order valence-electron chi connectivity index (χ4n) is 3.50. The van der Waals surface area contributed by atoms with E-state index in [1.165, 1.54) is 22.3 Å². The second-order valence-corrected chi connectivity index (χ2v) is 6.24. The highest BCUT2D eigenvalue weighted by Gasteiger charge is 2.23. The summed E-state index contributed by atoms with van der Waals surface area (Å²) in [4.78, 5) is 4.76. The molecule has 2 heteroatoms. The minimum atomic E-state index is -0.355. The van der Waals surface area contributed by atoms with Gasteiger partial charge in [-0.05, 0) is 46.7 Å². The van der Waals surface area contributed by atoms with Crippen LogP contribution in [-0.2, 0) is 6.42 Å².